The minimum Gasteiger partial charge on any atom is -0.496 e. The van der Waals surface area contributed by atoms with Crippen LogP contribution in [0.15, 0.2) is 30.3 Å². The normalized spacial score (nSPS) is 24.2. The molecule has 3 aliphatic rings. The van der Waals surface area contributed by atoms with Crippen molar-refractivity contribution >= 4 is 22.8 Å². The number of piperidine rings is 1. The Hall–Kier alpha value is -3.01. The van der Waals surface area contributed by atoms with Crippen LogP contribution in [-0.2, 0) is 16.1 Å². The third kappa shape index (κ3) is 4.60. The van der Waals surface area contributed by atoms with Crippen LogP contribution in [0.25, 0.3) is 22.3 Å². The zero-order valence-electron chi connectivity index (χ0n) is 21.7. The van der Waals surface area contributed by atoms with E-state index in [9.17, 15) is 5.11 Å². The van der Waals surface area contributed by atoms with Crippen molar-refractivity contribution in [3.05, 3.63) is 35.9 Å². The molecular formula is C28H35N5O4. The Kier molecular flexibility index (Phi) is 6.60. The topological polar surface area (TPSA) is 93.1 Å². The Morgan fingerprint density at radius 1 is 1.08 bits per heavy atom. The van der Waals surface area contributed by atoms with Crippen molar-refractivity contribution in [1.82, 2.24) is 15.0 Å². The van der Waals surface area contributed by atoms with Gasteiger partial charge in [-0.25, -0.2) is 4.98 Å². The first kappa shape index (κ1) is 24.3. The van der Waals surface area contributed by atoms with Crippen molar-refractivity contribution in [2.24, 2.45) is 5.41 Å². The molecule has 0 bridgehead atoms. The highest BCUT2D eigenvalue weighted by Gasteiger charge is 2.40. The molecule has 9 heteroatoms. The second-order valence-corrected chi connectivity index (χ2v) is 10.5. The van der Waals surface area contributed by atoms with Crippen molar-refractivity contribution in [2.75, 3.05) is 63.0 Å². The molecule has 1 N–H and O–H groups in total. The van der Waals surface area contributed by atoms with Gasteiger partial charge in [0.1, 0.15) is 11.6 Å². The van der Waals surface area contributed by atoms with Crippen LogP contribution in [0.4, 0.5) is 11.8 Å². The van der Waals surface area contributed by atoms with E-state index in [2.05, 4.69) is 22.8 Å². The Morgan fingerprint density at radius 2 is 2.00 bits per heavy atom. The molecule has 5 heterocycles. The number of ether oxygens (including phenoxy) is 3. The van der Waals surface area contributed by atoms with E-state index < -0.39 is 0 Å². The molecule has 0 radical (unpaired) electrons. The number of methoxy groups -OCH3 is 1. The molecule has 0 saturated carbocycles. The highest BCUT2D eigenvalue weighted by Crippen LogP contribution is 2.39. The molecule has 3 fully saturated rings. The molecule has 2 atom stereocenters. The molecule has 9 nitrogen and oxygen atoms in total. The van der Waals surface area contributed by atoms with Gasteiger partial charge in [0.25, 0.3) is 0 Å². The molecule has 6 rings (SSSR count). The molecule has 3 aromatic rings. The Balaban J connectivity index is 1.45. The summed E-state index contributed by atoms with van der Waals surface area (Å²) in [5.74, 6) is 2.32. The van der Waals surface area contributed by atoms with E-state index in [0.717, 1.165) is 79.7 Å². The summed E-state index contributed by atoms with van der Waals surface area (Å²) in [6.45, 7) is 7.71. The van der Waals surface area contributed by atoms with Gasteiger partial charge >= 0.3 is 0 Å². The lowest BCUT2D eigenvalue weighted by atomic mass is 9.79. The van der Waals surface area contributed by atoms with Gasteiger partial charge in [0.05, 0.1) is 50.7 Å². The van der Waals surface area contributed by atoms with Crippen molar-refractivity contribution in [3.8, 4) is 17.0 Å². The Labute approximate surface area is 217 Å². The molecule has 1 spiro atoms. The number of fused-ring (bicyclic) bond motifs is 1. The lowest BCUT2D eigenvalue weighted by Gasteiger charge is -2.40. The third-order valence-electron chi connectivity index (χ3n) is 8.04. The summed E-state index contributed by atoms with van der Waals surface area (Å²) < 4.78 is 16.9. The van der Waals surface area contributed by atoms with Crippen LogP contribution in [0.2, 0.25) is 0 Å². The number of anilines is 2. The Morgan fingerprint density at radius 3 is 2.78 bits per heavy atom. The van der Waals surface area contributed by atoms with E-state index in [1.165, 1.54) is 6.42 Å². The van der Waals surface area contributed by atoms with Gasteiger partial charge in [0, 0.05) is 42.8 Å². The summed E-state index contributed by atoms with van der Waals surface area (Å²) in [6.07, 6.45) is 3.40. The van der Waals surface area contributed by atoms with Crippen molar-refractivity contribution in [3.63, 3.8) is 0 Å². The molecule has 0 aliphatic carbocycles. The lowest BCUT2D eigenvalue weighted by molar-refractivity contribution is 0.0987. The molecule has 3 aliphatic heterocycles. The van der Waals surface area contributed by atoms with Crippen LogP contribution in [0.5, 0.6) is 5.75 Å². The summed E-state index contributed by atoms with van der Waals surface area (Å²) in [7, 11) is 1.61. The molecule has 196 valence electrons. The number of aromatic nitrogens is 3. The summed E-state index contributed by atoms with van der Waals surface area (Å²) in [4.78, 5) is 19.9. The number of aliphatic hydroxyl groups excluding tert-OH is 1. The maximum atomic E-state index is 9.81. The van der Waals surface area contributed by atoms with Crippen molar-refractivity contribution in [2.45, 2.75) is 38.8 Å². The molecule has 0 amide bonds. The summed E-state index contributed by atoms with van der Waals surface area (Å²) in [6, 6.07) is 10.1. The first-order chi connectivity index (χ1) is 18.1. The van der Waals surface area contributed by atoms with Crippen LogP contribution in [-0.4, -0.2) is 79.3 Å². The molecule has 1 aromatic carbocycles. The van der Waals surface area contributed by atoms with E-state index in [0.29, 0.717) is 24.6 Å². The molecule has 1 unspecified atom stereocenters. The molecular weight excluding hydrogens is 470 g/mol. The van der Waals surface area contributed by atoms with Gasteiger partial charge < -0.3 is 29.1 Å². The van der Waals surface area contributed by atoms with Gasteiger partial charge in [-0.05, 0) is 56.5 Å². The van der Waals surface area contributed by atoms with E-state index in [4.69, 9.17) is 29.2 Å². The fourth-order valence-electron chi connectivity index (χ4n) is 5.96. The summed E-state index contributed by atoms with van der Waals surface area (Å²) in [5.41, 5.74) is 3.32. The highest BCUT2D eigenvalue weighted by atomic mass is 16.5. The summed E-state index contributed by atoms with van der Waals surface area (Å²) in [5, 5.41) is 10.8. The maximum Gasteiger partial charge on any atom is 0.229 e. The van der Waals surface area contributed by atoms with Crippen LogP contribution >= 0.6 is 0 Å². The number of nitrogens with zero attached hydrogens (tertiary/aromatic N) is 5. The van der Waals surface area contributed by atoms with Gasteiger partial charge in [0.15, 0.2) is 5.65 Å². The molecule has 2 aromatic heterocycles. The zero-order valence-corrected chi connectivity index (χ0v) is 21.7. The number of morpholine rings is 1. The largest absolute Gasteiger partial charge is 0.496 e. The monoisotopic (exact) mass is 505 g/mol. The predicted molar refractivity (Wildman–Crippen MR) is 142 cm³/mol. The number of hydrogen-bond acceptors (Lipinski definition) is 9. The van der Waals surface area contributed by atoms with Gasteiger partial charge in [-0.15, -0.1) is 0 Å². The standard InChI is InChI=1S/C28H35N5O4/c1-19-16-36-13-11-33(19)26-22-5-6-23(20-4-7-24(35-2)21(14-20)15-34)29-25(22)30-27(31-26)32-10-3-8-28(17-32)9-12-37-18-28/h4-7,14,19,34H,3,8-13,15-18H2,1-2H3/t19-,28?/m0/s1. The number of aliphatic hydroxyl groups is 1. The first-order valence-corrected chi connectivity index (χ1v) is 13.2. The smallest absolute Gasteiger partial charge is 0.229 e. The minimum atomic E-state index is -0.101. The number of rotatable bonds is 5. The average molecular weight is 506 g/mol. The zero-order chi connectivity index (χ0) is 25.4. The van der Waals surface area contributed by atoms with Gasteiger partial charge in [-0.3, -0.25) is 0 Å². The van der Waals surface area contributed by atoms with Crippen molar-refractivity contribution < 1.29 is 19.3 Å². The second kappa shape index (κ2) is 10.0. The first-order valence-electron chi connectivity index (χ1n) is 13.2. The van der Waals surface area contributed by atoms with Crippen LogP contribution in [0, 0.1) is 5.41 Å². The van der Waals surface area contributed by atoms with Crippen LogP contribution in [0.3, 0.4) is 0 Å². The summed E-state index contributed by atoms with van der Waals surface area (Å²) >= 11 is 0. The minimum absolute atomic E-state index is 0.101. The highest BCUT2D eigenvalue weighted by molar-refractivity contribution is 5.90. The van der Waals surface area contributed by atoms with Crippen LogP contribution in [0.1, 0.15) is 31.7 Å². The van der Waals surface area contributed by atoms with E-state index >= 15 is 0 Å². The van der Waals surface area contributed by atoms with Gasteiger partial charge in [0.2, 0.25) is 5.95 Å². The number of benzene rings is 1. The van der Waals surface area contributed by atoms with Crippen molar-refractivity contribution in [1.29, 1.82) is 0 Å². The maximum absolute atomic E-state index is 9.81. The number of hydrogen-bond donors (Lipinski definition) is 1. The Bertz CT molecular complexity index is 1280. The average Bonchev–Trinajstić information content (AvgIpc) is 3.39. The van der Waals surface area contributed by atoms with Gasteiger partial charge in [-0.1, -0.05) is 0 Å². The fourth-order valence-corrected chi connectivity index (χ4v) is 5.96. The molecule has 3 saturated heterocycles. The van der Waals surface area contributed by atoms with E-state index in [1.54, 1.807) is 7.11 Å². The SMILES string of the molecule is COc1ccc(-c2ccc3c(N4CCOC[C@@H]4C)nc(N4CCCC5(CCOC5)C4)nc3n2)cc1CO. The van der Waals surface area contributed by atoms with E-state index in [1.807, 2.05) is 24.3 Å². The quantitative estimate of drug-likeness (QED) is 0.560. The lowest BCUT2D eigenvalue weighted by Crippen LogP contribution is -2.46. The predicted octanol–water partition coefficient (Wildman–Crippen LogP) is 3.42. The number of pyridine rings is 1. The second-order valence-electron chi connectivity index (χ2n) is 10.5. The third-order valence-corrected chi connectivity index (χ3v) is 8.04. The fraction of sp³-hybridized carbons (Fsp3) is 0.536. The molecule has 37 heavy (non-hydrogen) atoms. The van der Waals surface area contributed by atoms with Crippen LogP contribution < -0.4 is 14.5 Å². The van der Waals surface area contributed by atoms with E-state index in [-0.39, 0.29) is 18.1 Å². The van der Waals surface area contributed by atoms with Gasteiger partial charge in [-0.2, -0.15) is 9.97 Å².